The lowest BCUT2D eigenvalue weighted by Gasteiger charge is -2.13. The summed E-state index contributed by atoms with van der Waals surface area (Å²) in [6.45, 7) is 0.741. The number of carbonyl (C=O) groups is 1. The van der Waals surface area contributed by atoms with Crippen molar-refractivity contribution in [3.8, 4) is 0 Å². The molecule has 0 saturated carbocycles. The molecule has 0 atom stereocenters. The first-order valence-corrected chi connectivity index (χ1v) is 6.07. The van der Waals surface area contributed by atoms with E-state index in [2.05, 4.69) is 15.6 Å². The Balaban J connectivity index is 2.92. The molecule has 1 rings (SSSR count). The lowest BCUT2D eigenvalue weighted by atomic mass is 10.3. The van der Waals surface area contributed by atoms with Crippen molar-refractivity contribution < 1.29 is 9.53 Å². The number of nitrogen functional groups attached to an aromatic ring is 1. The molecule has 0 saturated heterocycles. The van der Waals surface area contributed by atoms with E-state index in [1.165, 1.54) is 18.7 Å². The number of rotatable bonds is 7. The van der Waals surface area contributed by atoms with Gasteiger partial charge in [0.25, 0.3) is 5.56 Å². The van der Waals surface area contributed by atoms with E-state index in [0.29, 0.717) is 0 Å². The van der Waals surface area contributed by atoms with Gasteiger partial charge in [0.1, 0.15) is 11.5 Å². The monoisotopic (exact) mass is 285 g/mol. The van der Waals surface area contributed by atoms with Crippen molar-refractivity contribution in [2.45, 2.75) is 13.0 Å². The molecule has 20 heavy (non-hydrogen) atoms. The third-order valence-corrected chi connectivity index (χ3v) is 2.69. The molecule has 1 amide bonds. The van der Waals surface area contributed by atoms with E-state index in [4.69, 9.17) is 10.5 Å². The summed E-state index contributed by atoms with van der Waals surface area (Å²) in [4.78, 5) is 36.6. The number of nitrogens with one attached hydrogen (secondary N) is 3. The summed E-state index contributed by atoms with van der Waals surface area (Å²) < 4.78 is 6.07. The molecule has 0 spiro atoms. The number of hydrogen-bond donors (Lipinski definition) is 4. The Labute approximate surface area is 115 Å². The Morgan fingerprint density at radius 3 is 2.75 bits per heavy atom. The van der Waals surface area contributed by atoms with Gasteiger partial charge in [-0.2, -0.15) is 0 Å². The highest BCUT2D eigenvalue weighted by atomic mass is 16.5. The molecule has 0 unspecified atom stereocenters. The number of aromatic nitrogens is 2. The number of ether oxygens (including phenoxy) is 1. The van der Waals surface area contributed by atoms with Crippen LogP contribution in [0.4, 0.5) is 11.5 Å². The highest BCUT2D eigenvalue weighted by Crippen LogP contribution is 2.09. The normalized spacial score (nSPS) is 10.3. The van der Waals surface area contributed by atoms with Gasteiger partial charge in [0.05, 0.1) is 13.2 Å². The Morgan fingerprint density at radius 2 is 2.15 bits per heavy atom. The molecule has 0 aliphatic rings. The second-order valence-corrected chi connectivity index (χ2v) is 4.01. The molecule has 0 fully saturated rings. The maximum Gasteiger partial charge on any atom is 0.330 e. The van der Waals surface area contributed by atoms with E-state index < -0.39 is 11.2 Å². The van der Waals surface area contributed by atoms with Crippen LogP contribution in [0.2, 0.25) is 0 Å². The zero-order chi connectivity index (χ0) is 15.1. The van der Waals surface area contributed by atoms with Crippen LogP contribution in [0.25, 0.3) is 0 Å². The van der Waals surface area contributed by atoms with Gasteiger partial charge in [-0.25, -0.2) is 4.79 Å². The zero-order valence-electron chi connectivity index (χ0n) is 11.5. The summed E-state index contributed by atoms with van der Waals surface area (Å²) in [5.74, 6) is -0.145. The van der Waals surface area contributed by atoms with Gasteiger partial charge >= 0.3 is 5.69 Å². The van der Waals surface area contributed by atoms with Crippen LogP contribution in [0.15, 0.2) is 9.59 Å². The van der Waals surface area contributed by atoms with Crippen LogP contribution in [0.3, 0.4) is 0 Å². The second kappa shape index (κ2) is 7.34. The Bertz CT molecular complexity index is 577. The van der Waals surface area contributed by atoms with Crippen molar-refractivity contribution in [2.24, 2.45) is 0 Å². The summed E-state index contributed by atoms with van der Waals surface area (Å²) in [6.07, 6.45) is 0.187. The lowest BCUT2D eigenvalue weighted by molar-refractivity contribution is -0.120. The van der Waals surface area contributed by atoms with Gasteiger partial charge in [-0.05, 0) is 0 Å². The van der Waals surface area contributed by atoms with E-state index in [1.807, 2.05) is 0 Å². The van der Waals surface area contributed by atoms with Crippen molar-refractivity contribution in [1.29, 1.82) is 0 Å². The molecule has 0 aromatic carbocycles. The van der Waals surface area contributed by atoms with Crippen LogP contribution >= 0.6 is 0 Å². The number of nitrogens with zero attached hydrogens (tertiary/aromatic N) is 1. The topological polar surface area (TPSA) is 131 Å². The molecule has 0 aliphatic heterocycles. The minimum atomic E-state index is -0.613. The SMILES string of the molecule is CNC(=O)CCNc1c(N)n(CCOC)c(=O)[nH]c1=O. The first kappa shape index (κ1) is 15.8. The van der Waals surface area contributed by atoms with Crippen molar-refractivity contribution in [3.05, 3.63) is 20.8 Å². The molecule has 112 valence electrons. The fourth-order valence-corrected chi connectivity index (χ4v) is 1.59. The molecule has 5 N–H and O–H groups in total. The van der Waals surface area contributed by atoms with Crippen LogP contribution in [0.1, 0.15) is 6.42 Å². The van der Waals surface area contributed by atoms with Crippen molar-refractivity contribution in [2.75, 3.05) is 38.4 Å². The second-order valence-electron chi connectivity index (χ2n) is 4.01. The summed E-state index contributed by atoms with van der Waals surface area (Å²) >= 11 is 0. The van der Waals surface area contributed by atoms with E-state index in [1.54, 1.807) is 0 Å². The van der Waals surface area contributed by atoms with Crippen LogP contribution < -0.4 is 27.6 Å². The first-order chi connectivity index (χ1) is 9.51. The fourth-order valence-electron chi connectivity index (χ4n) is 1.59. The van der Waals surface area contributed by atoms with Gasteiger partial charge in [0, 0.05) is 27.1 Å². The maximum atomic E-state index is 11.7. The standard InChI is InChI=1S/C11H19N5O4/c1-13-7(17)3-4-14-8-9(12)16(5-6-20-2)11(19)15-10(8)18/h14H,3-6,12H2,1-2H3,(H,13,17)(H,15,18,19). The van der Waals surface area contributed by atoms with E-state index in [0.717, 1.165) is 0 Å². The molecule has 0 aliphatic carbocycles. The third kappa shape index (κ3) is 3.85. The van der Waals surface area contributed by atoms with Crippen molar-refractivity contribution >= 4 is 17.4 Å². The Kier molecular flexibility index (Phi) is 5.78. The number of aromatic amines is 1. The number of hydrogen-bond acceptors (Lipinski definition) is 6. The highest BCUT2D eigenvalue weighted by Gasteiger charge is 2.12. The molecular formula is C11H19N5O4. The minimum Gasteiger partial charge on any atom is -0.383 e. The molecule has 1 aromatic rings. The average molecular weight is 285 g/mol. The molecule has 9 nitrogen and oxygen atoms in total. The zero-order valence-corrected chi connectivity index (χ0v) is 11.5. The lowest BCUT2D eigenvalue weighted by Crippen LogP contribution is -2.35. The number of carbonyl (C=O) groups excluding carboxylic acids is 1. The van der Waals surface area contributed by atoms with Gasteiger partial charge in [0.15, 0.2) is 0 Å². The Morgan fingerprint density at radius 1 is 1.45 bits per heavy atom. The van der Waals surface area contributed by atoms with Gasteiger partial charge in [-0.3, -0.25) is 19.1 Å². The number of amides is 1. The first-order valence-electron chi connectivity index (χ1n) is 6.07. The molecule has 0 radical (unpaired) electrons. The van der Waals surface area contributed by atoms with Crippen LogP contribution in [0.5, 0.6) is 0 Å². The number of nitrogens with two attached hydrogens (primary N) is 1. The van der Waals surface area contributed by atoms with Crippen LogP contribution in [0, 0.1) is 0 Å². The van der Waals surface area contributed by atoms with Gasteiger partial charge < -0.3 is 21.1 Å². The van der Waals surface area contributed by atoms with Crippen molar-refractivity contribution in [3.63, 3.8) is 0 Å². The van der Waals surface area contributed by atoms with Gasteiger partial charge in [-0.15, -0.1) is 0 Å². The van der Waals surface area contributed by atoms with Crippen LogP contribution in [-0.4, -0.2) is 42.8 Å². The Hall–Kier alpha value is -2.29. The molecule has 1 aromatic heterocycles. The molecular weight excluding hydrogens is 266 g/mol. The quantitative estimate of drug-likeness (QED) is 0.473. The van der Waals surface area contributed by atoms with E-state index >= 15 is 0 Å². The van der Waals surface area contributed by atoms with Crippen molar-refractivity contribution in [1.82, 2.24) is 14.9 Å². The summed E-state index contributed by atoms with van der Waals surface area (Å²) in [6, 6.07) is 0. The molecule has 0 bridgehead atoms. The minimum absolute atomic E-state index is 0.0210. The number of methoxy groups -OCH3 is 1. The van der Waals surface area contributed by atoms with E-state index in [9.17, 15) is 14.4 Å². The highest BCUT2D eigenvalue weighted by molar-refractivity contribution is 5.76. The van der Waals surface area contributed by atoms with Gasteiger partial charge in [0.2, 0.25) is 5.91 Å². The summed E-state index contributed by atoms with van der Waals surface area (Å²) in [5.41, 5.74) is 4.66. The predicted octanol–water partition coefficient (Wildman–Crippen LogP) is -1.69. The number of anilines is 2. The maximum absolute atomic E-state index is 11.7. The number of H-pyrrole nitrogens is 1. The molecule has 1 heterocycles. The summed E-state index contributed by atoms with van der Waals surface area (Å²) in [5, 5.41) is 5.22. The van der Waals surface area contributed by atoms with Gasteiger partial charge in [-0.1, -0.05) is 0 Å². The smallest absolute Gasteiger partial charge is 0.330 e. The average Bonchev–Trinajstić information content (AvgIpc) is 2.41. The largest absolute Gasteiger partial charge is 0.383 e. The predicted molar refractivity (Wildman–Crippen MR) is 74.8 cm³/mol. The third-order valence-electron chi connectivity index (χ3n) is 2.69. The fraction of sp³-hybridized carbons (Fsp3) is 0.545. The van der Waals surface area contributed by atoms with Crippen LogP contribution in [-0.2, 0) is 16.1 Å². The van der Waals surface area contributed by atoms with E-state index in [-0.39, 0.29) is 43.5 Å². The summed E-state index contributed by atoms with van der Waals surface area (Å²) in [7, 11) is 3.02. The molecule has 9 heteroatoms.